The molecule has 186 valence electrons. The van der Waals surface area contributed by atoms with Gasteiger partial charge in [0.25, 0.3) is 0 Å². The molecule has 2 fully saturated rings. The summed E-state index contributed by atoms with van der Waals surface area (Å²) in [7, 11) is 0. The Kier molecular flexibility index (Phi) is 8.51. The van der Waals surface area contributed by atoms with Crippen LogP contribution in [0.15, 0.2) is 24.3 Å². The van der Waals surface area contributed by atoms with Crippen molar-refractivity contribution in [2.75, 3.05) is 0 Å². The molecule has 0 spiro atoms. The van der Waals surface area contributed by atoms with Crippen LogP contribution in [0.5, 0.6) is 0 Å². The zero-order valence-electron chi connectivity index (χ0n) is 18.7. The number of hydrogen-bond donors (Lipinski definition) is 0. The van der Waals surface area contributed by atoms with E-state index in [-0.39, 0.29) is 11.5 Å². The first kappa shape index (κ1) is 26.0. The average Bonchev–Trinajstić information content (AvgIpc) is 2.71. The van der Waals surface area contributed by atoms with Gasteiger partial charge in [-0.05, 0) is 92.7 Å². The minimum Gasteiger partial charge on any atom is -0.222 e. The van der Waals surface area contributed by atoms with Gasteiger partial charge in [-0.25, -0.2) is 13.5 Å². The van der Waals surface area contributed by atoms with Gasteiger partial charge in [-0.3, -0.25) is 0 Å². The van der Waals surface area contributed by atoms with Gasteiger partial charge in [0.1, 0.15) is 17.2 Å². The Morgan fingerprint density at radius 1 is 0.818 bits per heavy atom. The molecule has 0 radical (unpaired) electrons. The molecule has 8 heteroatoms. The van der Waals surface area contributed by atoms with E-state index in [1.165, 1.54) is 38.5 Å². The molecule has 1 nitrogen and oxygen atoms in total. The zero-order chi connectivity index (χ0) is 24.2. The van der Waals surface area contributed by atoms with Crippen molar-refractivity contribution in [3.05, 3.63) is 47.0 Å². The van der Waals surface area contributed by atoms with E-state index < -0.39 is 29.7 Å². The molecule has 0 aromatic heterocycles. The molecule has 0 unspecified atom stereocenters. The molecule has 3 rings (SSSR count). The predicted octanol–water partition coefficient (Wildman–Crippen LogP) is 8.99. The van der Waals surface area contributed by atoms with Gasteiger partial charge in [-0.15, -0.1) is 13.2 Å². The van der Waals surface area contributed by atoms with Crippen LogP contribution < -0.4 is 0 Å². The van der Waals surface area contributed by atoms with Crippen molar-refractivity contribution in [3.63, 3.8) is 0 Å². The Hall–Kier alpha value is -1.57. The molecular formula is C25H31F7O. The van der Waals surface area contributed by atoms with Gasteiger partial charge in [-0.2, -0.15) is 8.78 Å². The first-order valence-electron chi connectivity index (χ1n) is 11.8. The third-order valence-electron chi connectivity index (χ3n) is 7.09. The number of benzene rings is 1. The largest absolute Gasteiger partial charge is 0.527 e. The molecule has 0 heterocycles. The van der Waals surface area contributed by atoms with Gasteiger partial charge >= 0.3 is 12.5 Å². The molecule has 0 N–H and O–H groups in total. The first-order chi connectivity index (χ1) is 15.5. The molecule has 33 heavy (non-hydrogen) atoms. The number of rotatable bonds is 7. The van der Waals surface area contributed by atoms with E-state index in [1.807, 2.05) is 0 Å². The second-order valence-electron chi connectivity index (χ2n) is 9.49. The molecule has 0 atom stereocenters. The molecule has 2 saturated carbocycles. The van der Waals surface area contributed by atoms with Crippen LogP contribution in [0.3, 0.4) is 0 Å². The highest BCUT2D eigenvalue weighted by molar-refractivity contribution is 5.31. The van der Waals surface area contributed by atoms with Gasteiger partial charge in [0, 0.05) is 0 Å². The highest BCUT2D eigenvalue weighted by Crippen LogP contribution is 2.42. The van der Waals surface area contributed by atoms with Gasteiger partial charge in [-0.1, -0.05) is 31.9 Å². The van der Waals surface area contributed by atoms with E-state index in [2.05, 4.69) is 23.8 Å². The molecule has 2 aliphatic rings. The molecule has 0 aliphatic heterocycles. The summed E-state index contributed by atoms with van der Waals surface area (Å²) in [6, 6.07) is 1.42. The van der Waals surface area contributed by atoms with Crippen molar-refractivity contribution in [2.45, 2.75) is 89.5 Å². The molecular weight excluding hydrogens is 449 g/mol. The maximum Gasteiger partial charge on any atom is 0.527 e. The normalized spacial score (nSPS) is 27.3. The summed E-state index contributed by atoms with van der Waals surface area (Å²) in [5.74, 6) is -1.88. The lowest BCUT2D eigenvalue weighted by molar-refractivity contribution is -0.432. The Labute approximate surface area is 190 Å². The summed E-state index contributed by atoms with van der Waals surface area (Å²) in [5, 5.41) is 0. The Balaban J connectivity index is 1.56. The summed E-state index contributed by atoms with van der Waals surface area (Å²) >= 11 is 0. The van der Waals surface area contributed by atoms with E-state index in [4.69, 9.17) is 0 Å². The highest BCUT2D eigenvalue weighted by atomic mass is 19.4. The number of alkyl halides is 5. The average molecular weight is 481 g/mol. The summed E-state index contributed by atoms with van der Waals surface area (Å²) < 4.78 is 95.0. The van der Waals surface area contributed by atoms with Crippen molar-refractivity contribution in [3.8, 4) is 0 Å². The summed E-state index contributed by atoms with van der Waals surface area (Å²) in [4.78, 5) is 0. The summed E-state index contributed by atoms with van der Waals surface area (Å²) in [6.07, 6.45) is 4.06. The minimum absolute atomic E-state index is 0.188. The number of ether oxygens (including phenoxy) is 1. The SMILES string of the molecule is CCCC1CCC(/C=C/C2CCC(c3cc(F)c(C(F)(F)OC(F)(F)F)c(F)c3)CC2)CC1. The van der Waals surface area contributed by atoms with E-state index in [9.17, 15) is 30.7 Å². The van der Waals surface area contributed by atoms with E-state index in [1.54, 1.807) is 0 Å². The third-order valence-corrected chi connectivity index (χ3v) is 7.09. The lowest BCUT2D eigenvalue weighted by Gasteiger charge is -2.29. The lowest BCUT2D eigenvalue weighted by Crippen LogP contribution is -2.30. The second-order valence-corrected chi connectivity index (χ2v) is 9.49. The zero-order valence-corrected chi connectivity index (χ0v) is 18.7. The van der Waals surface area contributed by atoms with Crippen LogP contribution in [0, 0.1) is 29.4 Å². The maximum absolute atomic E-state index is 14.2. The molecule has 0 bridgehead atoms. The summed E-state index contributed by atoms with van der Waals surface area (Å²) in [6.45, 7) is 2.22. The number of hydrogen-bond acceptors (Lipinski definition) is 1. The Bertz CT molecular complexity index is 778. The second kappa shape index (κ2) is 10.8. The van der Waals surface area contributed by atoms with Crippen LogP contribution in [0.2, 0.25) is 0 Å². The van der Waals surface area contributed by atoms with Crippen LogP contribution in [0.4, 0.5) is 30.7 Å². The molecule has 2 aliphatic carbocycles. The highest BCUT2D eigenvalue weighted by Gasteiger charge is 2.49. The van der Waals surface area contributed by atoms with Crippen LogP contribution in [0.25, 0.3) is 0 Å². The van der Waals surface area contributed by atoms with Crippen LogP contribution in [0.1, 0.15) is 88.2 Å². The van der Waals surface area contributed by atoms with Gasteiger partial charge in [0.05, 0.1) is 0 Å². The van der Waals surface area contributed by atoms with Gasteiger partial charge < -0.3 is 0 Å². The maximum atomic E-state index is 14.2. The summed E-state index contributed by atoms with van der Waals surface area (Å²) in [5.41, 5.74) is -1.83. The van der Waals surface area contributed by atoms with E-state index in [0.717, 1.165) is 18.8 Å². The van der Waals surface area contributed by atoms with E-state index in [0.29, 0.717) is 36.8 Å². The Morgan fingerprint density at radius 3 is 1.76 bits per heavy atom. The quantitative estimate of drug-likeness (QED) is 0.280. The molecule has 1 aromatic carbocycles. The van der Waals surface area contributed by atoms with Crippen molar-refractivity contribution in [1.29, 1.82) is 0 Å². The molecule has 1 aromatic rings. The number of allylic oxidation sites excluding steroid dienone is 2. The number of halogens is 7. The minimum atomic E-state index is -5.73. The van der Waals surface area contributed by atoms with Crippen molar-refractivity contribution in [1.82, 2.24) is 0 Å². The van der Waals surface area contributed by atoms with Gasteiger partial charge in [0.2, 0.25) is 0 Å². The van der Waals surface area contributed by atoms with Crippen molar-refractivity contribution >= 4 is 0 Å². The molecule has 0 saturated heterocycles. The predicted molar refractivity (Wildman–Crippen MR) is 112 cm³/mol. The van der Waals surface area contributed by atoms with Gasteiger partial charge in [0.15, 0.2) is 0 Å². The fourth-order valence-corrected chi connectivity index (χ4v) is 5.34. The van der Waals surface area contributed by atoms with Crippen molar-refractivity contribution in [2.24, 2.45) is 17.8 Å². The van der Waals surface area contributed by atoms with Crippen LogP contribution >= 0.6 is 0 Å². The fourth-order valence-electron chi connectivity index (χ4n) is 5.34. The standard InChI is InChI=1S/C25H31F7O/c1-2-3-16-4-6-17(7-5-16)8-9-18-10-12-19(13-11-18)20-14-21(26)23(22(27)15-20)24(28,29)33-25(30,31)32/h8-9,14-19H,2-7,10-13H2,1H3/b9-8+. The fraction of sp³-hybridized carbons (Fsp3) is 0.680. The Morgan fingerprint density at radius 2 is 1.30 bits per heavy atom. The smallest absolute Gasteiger partial charge is 0.222 e. The molecule has 0 amide bonds. The lowest BCUT2D eigenvalue weighted by atomic mass is 9.76. The third kappa shape index (κ3) is 7.20. The van der Waals surface area contributed by atoms with Crippen LogP contribution in [-0.4, -0.2) is 6.36 Å². The van der Waals surface area contributed by atoms with Crippen molar-refractivity contribution < 1.29 is 35.5 Å². The van der Waals surface area contributed by atoms with Crippen LogP contribution in [-0.2, 0) is 10.8 Å². The topological polar surface area (TPSA) is 9.23 Å². The first-order valence-corrected chi connectivity index (χ1v) is 11.8. The monoisotopic (exact) mass is 480 g/mol. The van der Waals surface area contributed by atoms with E-state index >= 15 is 0 Å².